The van der Waals surface area contributed by atoms with Crippen LogP contribution in [-0.2, 0) is 13.6 Å². The number of hydrogen-bond donors (Lipinski definition) is 1. The van der Waals surface area contributed by atoms with E-state index in [1.165, 1.54) is 12.1 Å². The summed E-state index contributed by atoms with van der Waals surface area (Å²) in [4.78, 5) is 26.8. The first-order valence-corrected chi connectivity index (χ1v) is 10.6. The van der Waals surface area contributed by atoms with Gasteiger partial charge in [-0.2, -0.15) is 0 Å². The average molecular weight is 442 g/mol. The topological polar surface area (TPSA) is 77.6 Å². The number of carbonyl (C=O) groups excluding carboxylic acids is 1. The van der Waals surface area contributed by atoms with Gasteiger partial charge in [0.1, 0.15) is 17.3 Å². The standard InChI is InChI=1S/C25H23FN6O/c1-14-15(2)28-20(12-27-14)13-32-22-7-5-18(26)9-17(22)10-24(32)25(33)30-19-6-8-23-21(11-19)29-16(3)31(23)4/h5-12H,13H2,1-4H3,(H,30,33). The van der Waals surface area contributed by atoms with Gasteiger partial charge in [-0.05, 0) is 63.2 Å². The summed E-state index contributed by atoms with van der Waals surface area (Å²) in [5.74, 6) is 0.245. The maximum Gasteiger partial charge on any atom is 0.272 e. The van der Waals surface area contributed by atoms with E-state index in [9.17, 15) is 9.18 Å². The molecule has 0 saturated heterocycles. The molecule has 3 heterocycles. The van der Waals surface area contributed by atoms with E-state index in [2.05, 4.69) is 20.3 Å². The molecule has 1 N–H and O–H groups in total. The number of rotatable bonds is 4. The fourth-order valence-corrected chi connectivity index (χ4v) is 4.02. The molecule has 0 aliphatic rings. The summed E-state index contributed by atoms with van der Waals surface area (Å²) in [7, 11) is 1.95. The highest BCUT2D eigenvalue weighted by atomic mass is 19.1. The summed E-state index contributed by atoms with van der Waals surface area (Å²) in [6, 6.07) is 11.8. The number of carbonyl (C=O) groups is 1. The van der Waals surface area contributed by atoms with E-state index < -0.39 is 0 Å². The number of fused-ring (bicyclic) bond motifs is 2. The quantitative estimate of drug-likeness (QED) is 0.438. The first kappa shape index (κ1) is 20.8. The summed E-state index contributed by atoms with van der Waals surface area (Å²) in [6.45, 7) is 6.08. The summed E-state index contributed by atoms with van der Waals surface area (Å²) < 4.78 is 17.7. The van der Waals surface area contributed by atoms with Crippen molar-refractivity contribution in [2.24, 2.45) is 7.05 Å². The van der Waals surface area contributed by atoms with Crippen LogP contribution in [0.3, 0.4) is 0 Å². The highest BCUT2D eigenvalue weighted by Crippen LogP contribution is 2.25. The molecule has 0 radical (unpaired) electrons. The second-order valence-electron chi connectivity index (χ2n) is 8.23. The number of amides is 1. The van der Waals surface area contributed by atoms with E-state index in [0.29, 0.717) is 23.3 Å². The Bertz CT molecular complexity index is 1550. The van der Waals surface area contributed by atoms with E-state index >= 15 is 0 Å². The lowest BCUT2D eigenvalue weighted by Gasteiger charge is -2.12. The number of nitrogens with zero attached hydrogens (tertiary/aromatic N) is 5. The fraction of sp³-hybridized carbons (Fsp3) is 0.200. The van der Waals surface area contributed by atoms with E-state index in [1.807, 2.05) is 55.2 Å². The molecule has 0 spiro atoms. The maximum absolute atomic E-state index is 13.9. The molecule has 0 bridgehead atoms. The molecule has 8 heteroatoms. The highest BCUT2D eigenvalue weighted by Gasteiger charge is 2.18. The van der Waals surface area contributed by atoms with Gasteiger partial charge in [0, 0.05) is 23.6 Å². The van der Waals surface area contributed by atoms with Gasteiger partial charge >= 0.3 is 0 Å². The molecule has 0 aliphatic carbocycles. The van der Waals surface area contributed by atoms with Crippen LogP contribution in [0.5, 0.6) is 0 Å². The Morgan fingerprint density at radius 1 is 1.00 bits per heavy atom. The van der Waals surface area contributed by atoms with Crippen LogP contribution in [0.1, 0.15) is 33.4 Å². The van der Waals surface area contributed by atoms with Crippen molar-refractivity contribution >= 4 is 33.5 Å². The second kappa shape index (κ2) is 7.81. The molecule has 3 aromatic heterocycles. The molecule has 0 atom stereocenters. The Hall–Kier alpha value is -4.07. The van der Waals surface area contributed by atoms with Crippen LogP contribution in [0.15, 0.2) is 48.7 Å². The molecule has 0 unspecified atom stereocenters. The largest absolute Gasteiger partial charge is 0.331 e. The van der Waals surface area contributed by atoms with Crippen molar-refractivity contribution in [1.29, 1.82) is 0 Å². The molecule has 2 aromatic carbocycles. The van der Waals surface area contributed by atoms with Crippen molar-refractivity contribution in [1.82, 2.24) is 24.1 Å². The Morgan fingerprint density at radius 2 is 1.79 bits per heavy atom. The number of halogens is 1. The number of anilines is 1. The van der Waals surface area contributed by atoms with Crippen LogP contribution in [0.4, 0.5) is 10.1 Å². The van der Waals surface area contributed by atoms with Gasteiger partial charge in [0.05, 0.1) is 40.9 Å². The van der Waals surface area contributed by atoms with Gasteiger partial charge in [0.15, 0.2) is 0 Å². The zero-order valence-corrected chi connectivity index (χ0v) is 18.8. The average Bonchev–Trinajstić information content (AvgIpc) is 3.27. The number of nitrogens with one attached hydrogen (secondary N) is 1. The first-order valence-electron chi connectivity index (χ1n) is 10.6. The van der Waals surface area contributed by atoms with Crippen LogP contribution in [0, 0.1) is 26.6 Å². The molecule has 5 aromatic rings. The van der Waals surface area contributed by atoms with Gasteiger partial charge < -0.3 is 14.5 Å². The first-order chi connectivity index (χ1) is 15.8. The summed E-state index contributed by atoms with van der Waals surface area (Å²) in [5.41, 5.74) is 6.00. The monoisotopic (exact) mass is 442 g/mol. The third kappa shape index (κ3) is 3.73. The highest BCUT2D eigenvalue weighted by molar-refractivity contribution is 6.07. The van der Waals surface area contributed by atoms with E-state index in [4.69, 9.17) is 0 Å². The SMILES string of the molecule is Cc1ncc(Cn2c(C(=O)Nc3ccc4c(c3)nc(C)n4C)cc3cc(F)ccc32)nc1C. The van der Waals surface area contributed by atoms with Crippen LogP contribution in [-0.4, -0.2) is 30.0 Å². The molecule has 1 amide bonds. The zero-order chi connectivity index (χ0) is 23.3. The predicted octanol–water partition coefficient (Wildman–Crippen LogP) is 4.68. The Morgan fingerprint density at radius 3 is 2.58 bits per heavy atom. The zero-order valence-electron chi connectivity index (χ0n) is 18.8. The van der Waals surface area contributed by atoms with Crippen LogP contribution < -0.4 is 5.32 Å². The van der Waals surface area contributed by atoms with E-state index in [0.717, 1.165) is 39.5 Å². The van der Waals surface area contributed by atoms with Gasteiger partial charge in [-0.25, -0.2) is 9.37 Å². The van der Waals surface area contributed by atoms with Crippen molar-refractivity contribution in [3.05, 3.63) is 83.1 Å². The minimum absolute atomic E-state index is 0.296. The fourth-order valence-electron chi connectivity index (χ4n) is 4.02. The van der Waals surface area contributed by atoms with E-state index in [1.54, 1.807) is 18.3 Å². The van der Waals surface area contributed by atoms with Gasteiger partial charge in [0.2, 0.25) is 0 Å². The predicted molar refractivity (Wildman–Crippen MR) is 126 cm³/mol. The molecule has 0 aliphatic heterocycles. The second-order valence-corrected chi connectivity index (χ2v) is 8.23. The Kier molecular flexibility index (Phi) is 4.92. The summed E-state index contributed by atoms with van der Waals surface area (Å²) in [5, 5.41) is 3.61. The van der Waals surface area contributed by atoms with Crippen molar-refractivity contribution in [3.63, 3.8) is 0 Å². The minimum Gasteiger partial charge on any atom is -0.331 e. The smallest absolute Gasteiger partial charge is 0.272 e. The molecule has 0 fully saturated rings. The van der Waals surface area contributed by atoms with Crippen molar-refractivity contribution in [3.8, 4) is 0 Å². The Labute approximate surface area is 189 Å². The van der Waals surface area contributed by atoms with Gasteiger partial charge in [-0.1, -0.05) is 0 Å². The molecule has 166 valence electrons. The third-order valence-electron chi connectivity index (χ3n) is 6.02. The lowest BCUT2D eigenvalue weighted by Crippen LogP contribution is -2.18. The number of aromatic nitrogens is 5. The summed E-state index contributed by atoms with van der Waals surface area (Å²) >= 11 is 0. The Balaban J connectivity index is 1.54. The minimum atomic E-state index is -0.353. The van der Waals surface area contributed by atoms with Gasteiger partial charge in [0.25, 0.3) is 5.91 Å². The summed E-state index contributed by atoms with van der Waals surface area (Å²) in [6.07, 6.45) is 1.71. The molecular formula is C25H23FN6O. The van der Waals surface area contributed by atoms with Crippen LogP contribution >= 0.6 is 0 Å². The molecular weight excluding hydrogens is 419 g/mol. The van der Waals surface area contributed by atoms with Crippen molar-refractivity contribution in [2.75, 3.05) is 5.32 Å². The molecule has 0 saturated carbocycles. The lowest BCUT2D eigenvalue weighted by molar-refractivity contribution is 0.101. The molecule has 5 rings (SSSR count). The molecule has 33 heavy (non-hydrogen) atoms. The van der Waals surface area contributed by atoms with Gasteiger partial charge in [-0.15, -0.1) is 0 Å². The maximum atomic E-state index is 13.9. The third-order valence-corrected chi connectivity index (χ3v) is 6.02. The lowest BCUT2D eigenvalue weighted by atomic mass is 10.2. The number of imidazole rings is 1. The van der Waals surface area contributed by atoms with E-state index in [-0.39, 0.29) is 11.7 Å². The number of hydrogen-bond acceptors (Lipinski definition) is 4. The van der Waals surface area contributed by atoms with Crippen LogP contribution in [0.2, 0.25) is 0 Å². The van der Waals surface area contributed by atoms with Gasteiger partial charge in [-0.3, -0.25) is 14.8 Å². The number of aryl methyl sites for hydroxylation is 4. The number of benzene rings is 2. The van der Waals surface area contributed by atoms with Crippen molar-refractivity contribution in [2.45, 2.75) is 27.3 Å². The van der Waals surface area contributed by atoms with Crippen molar-refractivity contribution < 1.29 is 9.18 Å². The van der Waals surface area contributed by atoms with Crippen LogP contribution in [0.25, 0.3) is 21.9 Å². The molecule has 7 nitrogen and oxygen atoms in total. The normalized spacial score (nSPS) is 11.4.